The lowest BCUT2D eigenvalue weighted by atomic mass is 10.1. The van der Waals surface area contributed by atoms with Crippen LogP contribution < -0.4 is 9.47 Å². The van der Waals surface area contributed by atoms with Crippen LogP contribution in [0.4, 0.5) is 0 Å². The van der Waals surface area contributed by atoms with Crippen LogP contribution >= 0.6 is 23.5 Å². The predicted octanol–water partition coefficient (Wildman–Crippen LogP) is 5.94. The van der Waals surface area contributed by atoms with Crippen LogP contribution in [0.2, 0.25) is 0 Å². The van der Waals surface area contributed by atoms with E-state index in [0.717, 1.165) is 34.3 Å². The van der Waals surface area contributed by atoms with Gasteiger partial charge < -0.3 is 13.9 Å². The number of thioether (sulfide) groups is 2. The zero-order chi connectivity index (χ0) is 18.5. The SMILES string of the molecule is COc1ccc(C2(c3ccco3)SCCCS2)cc1OCc1ccccc1. The lowest BCUT2D eigenvalue weighted by Crippen LogP contribution is -2.23. The number of methoxy groups -OCH3 is 1. The smallest absolute Gasteiger partial charge is 0.162 e. The molecule has 0 amide bonds. The average molecular weight is 399 g/mol. The van der Waals surface area contributed by atoms with Gasteiger partial charge in [0.15, 0.2) is 11.5 Å². The third-order valence-electron chi connectivity index (χ3n) is 4.53. The fourth-order valence-electron chi connectivity index (χ4n) is 3.18. The molecule has 27 heavy (non-hydrogen) atoms. The zero-order valence-corrected chi connectivity index (χ0v) is 16.9. The average Bonchev–Trinajstić information content (AvgIpc) is 3.29. The molecule has 1 aromatic heterocycles. The van der Waals surface area contributed by atoms with Gasteiger partial charge in [-0.15, -0.1) is 23.5 Å². The summed E-state index contributed by atoms with van der Waals surface area (Å²) in [5, 5.41) is 0. The Morgan fingerprint density at radius 1 is 0.963 bits per heavy atom. The highest BCUT2D eigenvalue weighted by atomic mass is 32.2. The van der Waals surface area contributed by atoms with E-state index in [4.69, 9.17) is 13.9 Å². The normalized spacial score (nSPS) is 16.0. The van der Waals surface area contributed by atoms with Crippen molar-refractivity contribution in [3.8, 4) is 11.5 Å². The fourth-order valence-corrected chi connectivity index (χ4v) is 6.45. The molecule has 1 saturated heterocycles. The predicted molar refractivity (Wildman–Crippen MR) is 113 cm³/mol. The van der Waals surface area contributed by atoms with Crippen molar-refractivity contribution in [3.05, 3.63) is 83.8 Å². The Morgan fingerprint density at radius 3 is 2.48 bits per heavy atom. The molecule has 5 heteroatoms. The van der Waals surface area contributed by atoms with Gasteiger partial charge in [0.25, 0.3) is 0 Å². The molecule has 0 unspecified atom stereocenters. The first kappa shape index (κ1) is 18.4. The van der Waals surface area contributed by atoms with Crippen molar-refractivity contribution in [2.45, 2.75) is 17.1 Å². The monoisotopic (exact) mass is 398 g/mol. The minimum atomic E-state index is -0.237. The van der Waals surface area contributed by atoms with Gasteiger partial charge in [-0.3, -0.25) is 0 Å². The molecule has 0 saturated carbocycles. The summed E-state index contributed by atoms with van der Waals surface area (Å²) in [7, 11) is 1.68. The molecule has 0 bridgehead atoms. The molecule has 3 nitrogen and oxygen atoms in total. The van der Waals surface area contributed by atoms with Crippen molar-refractivity contribution >= 4 is 23.5 Å². The summed E-state index contributed by atoms with van der Waals surface area (Å²) in [5.41, 5.74) is 2.31. The van der Waals surface area contributed by atoms with Gasteiger partial charge in [-0.2, -0.15) is 0 Å². The van der Waals surface area contributed by atoms with E-state index in [1.807, 2.05) is 53.9 Å². The van der Waals surface area contributed by atoms with E-state index in [-0.39, 0.29) is 4.08 Å². The molecule has 1 aliphatic rings. The van der Waals surface area contributed by atoms with Crippen molar-refractivity contribution < 1.29 is 13.9 Å². The molecule has 0 atom stereocenters. The van der Waals surface area contributed by atoms with Crippen molar-refractivity contribution in [3.63, 3.8) is 0 Å². The van der Waals surface area contributed by atoms with Gasteiger partial charge >= 0.3 is 0 Å². The summed E-state index contributed by atoms with van der Waals surface area (Å²) in [4.78, 5) is 0. The first-order chi connectivity index (χ1) is 13.3. The van der Waals surface area contributed by atoms with Gasteiger partial charge in [0.2, 0.25) is 0 Å². The highest BCUT2D eigenvalue weighted by Gasteiger charge is 2.40. The van der Waals surface area contributed by atoms with Crippen LogP contribution in [0.1, 0.15) is 23.3 Å². The molecular weight excluding hydrogens is 376 g/mol. The van der Waals surface area contributed by atoms with Gasteiger partial charge in [0, 0.05) is 0 Å². The van der Waals surface area contributed by atoms with E-state index >= 15 is 0 Å². The third-order valence-corrected chi connectivity index (χ3v) is 7.91. The Bertz CT molecular complexity index is 857. The van der Waals surface area contributed by atoms with Crippen LogP contribution in [0.3, 0.4) is 0 Å². The fraction of sp³-hybridized carbons (Fsp3) is 0.273. The third kappa shape index (κ3) is 3.85. The second kappa shape index (κ2) is 8.36. The topological polar surface area (TPSA) is 31.6 Å². The first-order valence-corrected chi connectivity index (χ1v) is 11.0. The van der Waals surface area contributed by atoms with Gasteiger partial charge in [-0.05, 0) is 53.3 Å². The molecule has 1 fully saturated rings. The van der Waals surface area contributed by atoms with Gasteiger partial charge in [-0.25, -0.2) is 0 Å². The minimum Gasteiger partial charge on any atom is -0.493 e. The highest BCUT2D eigenvalue weighted by Crippen LogP contribution is 2.55. The zero-order valence-electron chi connectivity index (χ0n) is 15.2. The van der Waals surface area contributed by atoms with Crippen LogP contribution in [0.15, 0.2) is 71.3 Å². The van der Waals surface area contributed by atoms with Gasteiger partial charge in [0.05, 0.1) is 13.4 Å². The maximum Gasteiger partial charge on any atom is 0.162 e. The van der Waals surface area contributed by atoms with E-state index < -0.39 is 0 Å². The van der Waals surface area contributed by atoms with E-state index in [2.05, 4.69) is 30.3 Å². The molecule has 0 N–H and O–H groups in total. The standard InChI is InChI=1S/C22H22O3S2/c1-23-19-11-10-18(15-20(19)25-16-17-7-3-2-4-8-17)22(21-9-5-12-24-21)26-13-6-14-27-22/h2-5,7-12,15H,6,13-14,16H2,1H3. The van der Waals surface area contributed by atoms with Crippen LogP contribution in [0, 0.1) is 0 Å². The van der Waals surface area contributed by atoms with Crippen LogP contribution in [-0.2, 0) is 10.7 Å². The number of furan rings is 1. The highest BCUT2D eigenvalue weighted by molar-refractivity contribution is 8.18. The largest absolute Gasteiger partial charge is 0.493 e. The summed E-state index contributed by atoms with van der Waals surface area (Å²) < 4.78 is 17.3. The lowest BCUT2D eigenvalue weighted by molar-refractivity contribution is 0.284. The van der Waals surface area contributed by atoms with Crippen LogP contribution in [-0.4, -0.2) is 18.6 Å². The van der Waals surface area contributed by atoms with Crippen molar-refractivity contribution in [2.24, 2.45) is 0 Å². The Balaban J connectivity index is 1.68. The number of hydrogen-bond acceptors (Lipinski definition) is 5. The van der Waals surface area contributed by atoms with E-state index in [1.165, 1.54) is 12.0 Å². The Labute approximate surface area is 168 Å². The Morgan fingerprint density at radius 2 is 1.78 bits per heavy atom. The summed E-state index contributed by atoms with van der Waals surface area (Å²) in [5.74, 6) is 4.71. The van der Waals surface area contributed by atoms with E-state index in [1.54, 1.807) is 13.4 Å². The van der Waals surface area contributed by atoms with Gasteiger partial charge in [0.1, 0.15) is 16.4 Å². The van der Waals surface area contributed by atoms with Crippen molar-refractivity contribution in [2.75, 3.05) is 18.6 Å². The van der Waals surface area contributed by atoms with Gasteiger partial charge in [-0.1, -0.05) is 36.4 Å². The quantitative estimate of drug-likeness (QED) is 0.513. The number of rotatable bonds is 6. The van der Waals surface area contributed by atoms with Crippen LogP contribution in [0.5, 0.6) is 11.5 Å². The van der Waals surface area contributed by atoms with Crippen molar-refractivity contribution in [1.29, 1.82) is 0 Å². The Hall–Kier alpha value is -1.98. The number of benzene rings is 2. The molecule has 0 radical (unpaired) electrons. The second-order valence-corrected chi connectivity index (χ2v) is 9.16. The molecule has 0 aliphatic carbocycles. The maximum absolute atomic E-state index is 6.13. The molecule has 140 valence electrons. The molecule has 0 spiro atoms. The molecule has 2 aromatic carbocycles. The number of ether oxygens (including phenoxy) is 2. The molecule has 4 rings (SSSR count). The van der Waals surface area contributed by atoms with Crippen LogP contribution in [0.25, 0.3) is 0 Å². The molecule has 3 aromatic rings. The summed E-state index contributed by atoms with van der Waals surface area (Å²) in [6.07, 6.45) is 2.97. The molecule has 2 heterocycles. The summed E-state index contributed by atoms with van der Waals surface area (Å²) in [6, 6.07) is 20.4. The number of hydrogen-bond donors (Lipinski definition) is 0. The minimum absolute atomic E-state index is 0.237. The lowest BCUT2D eigenvalue weighted by Gasteiger charge is -2.35. The van der Waals surface area contributed by atoms with E-state index in [0.29, 0.717) is 6.61 Å². The molecular formula is C22H22O3S2. The molecule has 1 aliphatic heterocycles. The Kier molecular flexibility index (Phi) is 5.69. The van der Waals surface area contributed by atoms with E-state index in [9.17, 15) is 0 Å². The first-order valence-electron chi connectivity index (χ1n) is 8.99. The summed E-state index contributed by atoms with van der Waals surface area (Å²) >= 11 is 3.86. The second-order valence-electron chi connectivity index (χ2n) is 6.28. The maximum atomic E-state index is 6.13. The van der Waals surface area contributed by atoms with Crippen molar-refractivity contribution in [1.82, 2.24) is 0 Å². The summed E-state index contributed by atoms with van der Waals surface area (Å²) in [6.45, 7) is 0.509.